The van der Waals surface area contributed by atoms with E-state index in [0.717, 1.165) is 11.1 Å². The van der Waals surface area contributed by atoms with Gasteiger partial charge in [-0.25, -0.2) is 8.42 Å². The summed E-state index contributed by atoms with van der Waals surface area (Å²) < 4.78 is 33.6. The number of methoxy groups -OCH3 is 1. The van der Waals surface area contributed by atoms with Crippen molar-refractivity contribution >= 4 is 50.5 Å². The highest BCUT2D eigenvalue weighted by molar-refractivity contribution is 7.89. The molecule has 1 atom stereocenters. The van der Waals surface area contributed by atoms with E-state index in [-0.39, 0.29) is 35.8 Å². The van der Waals surface area contributed by atoms with Crippen LogP contribution in [0.5, 0.6) is 0 Å². The third-order valence-corrected chi connectivity index (χ3v) is 9.46. The fourth-order valence-corrected chi connectivity index (χ4v) is 7.02. The van der Waals surface area contributed by atoms with E-state index in [1.807, 2.05) is 23.6 Å². The zero-order valence-corrected chi connectivity index (χ0v) is 23.6. The van der Waals surface area contributed by atoms with Gasteiger partial charge in [-0.15, -0.1) is 11.3 Å². The first-order valence-electron chi connectivity index (χ1n) is 12.2. The Labute approximate surface area is 232 Å². The summed E-state index contributed by atoms with van der Waals surface area (Å²) in [5.74, 6) is -0.532. The van der Waals surface area contributed by atoms with Crippen LogP contribution in [0.3, 0.4) is 0 Å². The first-order chi connectivity index (χ1) is 18.2. The fourth-order valence-electron chi connectivity index (χ4n) is 4.56. The number of fused-ring (bicyclic) bond motifs is 1. The summed E-state index contributed by atoms with van der Waals surface area (Å²) >= 11 is 7.78. The van der Waals surface area contributed by atoms with E-state index >= 15 is 0 Å². The molecule has 11 heteroatoms. The number of ether oxygens (including phenoxy) is 1. The van der Waals surface area contributed by atoms with Crippen molar-refractivity contribution in [3.63, 3.8) is 0 Å². The Balaban J connectivity index is 1.62. The molecule has 1 aliphatic rings. The summed E-state index contributed by atoms with van der Waals surface area (Å²) in [7, 11) is -2.45. The Morgan fingerprint density at radius 3 is 2.50 bits per heavy atom. The van der Waals surface area contributed by atoms with Crippen molar-refractivity contribution in [1.29, 1.82) is 0 Å². The Kier molecular flexibility index (Phi) is 9.22. The van der Waals surface area contributed by atoms with Gasteiger partial charge < -0.3 is 15.0 Å². The number of carbonyl (C=O) groups is 2. The van der Waals surface area contributed by atoms with Crippen LogP contribution < -0.4 is 5.32 Å². The molecule has 0 aliphatic carbocycles. The molecule has 2 amide bonds. The number of nitrogens with zero attached hydrogens (tertiary/aromatic N) is 2. The Morgan fingerprint density at radius 2 is 1.84 bits per heavy atom. The Morgan fingerprint density at radius 1 is 1.13 bits per heavy atom. The van der Waals surface area contributed by atoms with E-state index in [2.05, 4.69) is 5.32 Å². The van der Waals surface area contributed by atoms with Gasteiger partial charge in [-0.3, -0.25) is 9.59 Å². The number of amides is 2. The molecule has 0 unspecified atom stereocenters. The molecule has 2 heterocycles. The third-order valence-electron chi connectivity index (χ3n) is 6.35. The van der Waals surface area contributed by atoms with E-state index < -0.39 is 10.0 Å². The predicted octanol–water partition coefficient (Wildman–Crippen LogP) is 4.56. The number of thiophene rings is 1. The van der Waals surface area contributed by atoms with E-state index in [1.165, 1.54) is 40.4 Å². The van der Waals surface area contributed by atoms with Crippen LogP contribution in [0.15, 0.2) is 64.9 Å². The molecular formula is C27H30ClN3O5S2. The molecule has 0 spiro atoms. The van der Waals surface area contributed by atoms with Gasteiger partial charge in [0, 0.05) is 49.3 Å². The van der Waals surface area contributed by atoms with Crippen LogP contribution in [0, 0.1) is 0 Å². The van der Waals surface area contributed by atoms with Crippen molar-refractivity contribution < 1.29 is 22.7 Å². The van der Waals surface area contributed by atoms with Gasteiger partial charge in [0.25, 0.3) is 0 Å². The molecule has 8 nitrogen and oxygen atoms in total. The highest BCUT2D eigenvalue weighted by Crippen LogP contribution is 2.38. The lowest BCUT2D eigenvalue weighted by Gasteiger charge is -2.37. The molecule has 1 aromatic heterocycles. The van der Waals surface area contributed by atoms with Crippen LogP contribution in [0.1, 0.15) is 35.4 Å². The second-order valence-corrected chi connectivity index (χ2v) is 12.4. The van der Waals surface area contributed by atoms with Crippen molar-refractivity contribution in [2.75, 3.05) is 38.7 Å². The summed E-state index contributed by atoms with van der Waals surface area (Å²) in [5, 5.41) is 5.25. The number of sulfonamides is 1. The average molecular weight is 576 g/mol. The molecule has 3 aromatic rings. The Hall–Kier alpha value is -2.76. The molecule has 38 heavy (non-hydrogen) atoms. The smallest absolute Gasteiger partial charge is 0.243 e. The zero-order chi connectivity index (χ0) is 27.3. The molecule has 2 aromatic carbocycles. The minimum absolute atomic E-state index is 0.0461. The molecule has 0 saturated heterocycles. The summed E-state index contributed by atoms with van der Waals surface area (Å²) in [6.45, 7) is 2.04. The molecule has 0 bridgehead atoms. The predicted molar refractivity (Wildman–Crippen MR) is 149 cm³/mol. The second kappa shape index (κ2) is 12.4. The van der Waals surface area contributed by atoms with Gasteiger partial charge in [-0.1, -0.05) is 23.7 Å². The quantitative estimate of drug-likeness (QED) is 0.358. The van der Waals surface area contributed by atoms with E-state index in [4.69, 9.17) is 16.3 Å². The molecule has 0 saturated carbocycles. The molecule has 0 radical (unpaired) electrons. The maximum atomic E-state index is 13.8. The van der Waals surface area contributed by atoms with Crippen LogP contribution in [0.4, 0.5) is 5.69 Å². The number of benzene rings is 2. The maximum absolute atomic E-state index is 13.8. The summed E-state index contributed by atoms with van der Waals surface area (Å²) in [5.41, 5.74) is 2.47. The van der Waals surface area contributed by atoms with Gasteiger partial charge >= 0.3 is 0 Å². The zero-order valence-electron chi connectivity index (χ0n) is 21.2. The molecule has 202 valence electrons. The Bertz CT molecular complexity index is 1370. The minimum Gasteiger partial charge on any atom is -0.385 e. The van der Waals surface area contributed by atoms with Crippen LogP contribution in [-0.2, 0) is 30.8 Å². The third kappa shape index (κ3) is 6.44. The lowest BCUT2D eigenvalue weighted by atomic mass is 9.93. The topological polar surface area (TPSA) is 96.0 Å². The van der Waals surface area contributed by atoms with Crippen molar-refractivity contribution in [2.24, 2.45) is 0 Å². The van der Waals surface area contributed by atoms with Crippen molar-refractivity contribution in [1.82, 2.24) is 9.21 Å². The monoisotopic (exact) mass is 575 g/mol. The number of hydrogen-bond donors (Lipinski definition) is 1. The number of nitrogens with one attached hydrogen (secondary N) is 1. The maximum Gasteiger partial charge on any atom is 0.243 e. The first-order valence-corrected chi connectivity index (χ1v) is 14.9. The van der Waals surface area contributed by atoms with Gasteiger partial charge in [-0.2, -0.15) is 4.31 Å². The molecule has 1 aliphatic heterocycles. The highest BCUT2D eigenvalue weighted by Gasteiger charge is 2.35. The van der Waals surface area contributed by atoms with Crippen molar-refractivity contribution in [3.05, 3.63) is 81.0 Å². The van der Waals surface area contributed by atoms with Gasteiger partial charge in [-0.05, 0) is 71.8 Å². The van der Waals surface area contributed by atoms with Gasteiger partial charge in [0.1, 0.15) is 0 Å². The van der Waals surface area contributed by atoms with Crippen LogP contribution in [-0.4, -0.2) is 62.8 Å². The number of anilines is 1. The highest BCUT2D eigenvalue weighted by atomic mass is 35.5. The summed E-state index contributed by atoms with van der Waals surface area (Å²) in [6.07, 6.45) is 1.14. The summed E-state index contributed by atoms with van der Waals surface area (Å²) in [4.78, 5) is 28.2. The number of rotatable bonds is 10. The van der Waals surface area contributed by atoms with Crippen LogP contribution in [0.2, 0.25) is 5.02 Å². The fraction of sp³-hybridized carbons (Fsp3) is 0.333. The van der Waals surface area contributed by atoms with Crippen molar-refractivity contribution in [3.8, 4) is 0 Å². The number of hydrogen-bond acceptors (Lipinski definition) is 6. The van der Waals surface area contributed by atoms with Crippen LogP contribution >= 0.6 is 22.9 Å². The average Bonchev–Trinajstić information content (AvgIpc) is 3.37. The summed E-state index contributed by atoms with van der Waals surface area (Å²) in [6, 6.07) is 15.0. The number of halogens is 1. The largest absolute Gasteiger partial charge is 0.385 e. The number of carbonyl (C=O) groups excluding carboxylic acids is 2. The molecule has 1 N–H and O–H groups in total. The van der Waals surface area contributed by atoms with Crippen LogP contribution in [0.25, 0.3) is 0 Å². The standard InChI is InChI=1S/C27H30ClN3O5S2/c1-19(32)29-22-8-10-23(11-9-22)38(34,35)30(14-3-16-36-2)18-26(33)31-15-12-25-24(13-17-37-25)27(31)20-4-6-21(28)7-5-20/h4-11,13,17,27H,3,12,14-16,18H2,1-2H3,(H,29,32)/t27-/m1/s1. The van der Waals surface area contributed by atoms with Gasteiger partial charge in [0.15, 0.2) is 0 Å². The minimum atomic E-state index is -4.00. The molecular weight excluding hydrogens is 546 g/mol. The SMILES string of the molecule is COCCCN(CC(=O)N1CCc2sccc2[C@H]1c1ccc(Cl)cc1)S(=O)(=O)c1ccc(NC(C)=O)cc1. The molecule has 4 rings (SSSR count). The second-order valence-electron chi connectivity index (χ2n) is 8.98. The normalized spacial score (nSPS) is 15.4. The van der Waals surface area contributed by atoms with Gasteiger partial charge in [0.05, 0.1) is 17.5 Å². The lowest BCUT2D eigenvalue weighted by Crippen LogP contribution is -2.47. The lowest BCUT2D eigenvalue weighted by molar-refractivity contribution is -0.133. The van der Waals surface area contributed by atoms with E-state index in [9.17, 15) is 18.0 Å². The van der Waals surface area contributed by atoms with E-state index in [1.54, 1.807) is 35.5 Å². The van der Waals surface area contributed by atoms with Crippen molar-refractivity contribution in [2.45, 2.75) is 30.7 Å². The first kappa shape index (κ1) is 28.3. The van der Waals surface area contributed by atoms with E-state index in [0.29, 0.717) is 36.7 Å². The molecule has 0 fully saturated rings. The van der Waals surface area contributed by atoms with Gasteiger partial charge in [0.2, 0.25) is 21.8 Å².